The summed E-state index contributed by atoms with van der Waals surface area (Å²) >= 11 is 0. The van der Waals surface area contributed by atoms with Crippen LogP contribution in [-0.2, 0) is 7.05 Å². The van der Waals surface area contributed by atoms with Crippen molar-refractivity contribution < 1.29 is 4.79 Å². The number of pyridine rings is 2. The van der Waals surface area contributed by atoms with E-state index >= 15 is 0 Å². The molecule has 7 nitrogen and oxygen atoms in total. The highest BCUT2D eigenvalue weighted by Gasteiger charge is 2.19. The van der Waals surface area contributed by atoms with E-state index in [1.54, 1.807) is 23.3 Å². The largest absolute Gasteiger partial charge is 0.307 e. The van der Waals surface area contributed by atoms with Gasteiger partial charge in [-0.2, -0.15) is 5.10 Å². The van der Waals surface area contributed by atoms with Crippen molar-refractivity contribution in [2.75, 3.05) is 25.5 Å². The first-order chi connectivity index (χ1) is 15.5. The average Bonchev–Trinajstić information content (AvgIpc) is 3.25. The van der Waals surface area contributed by atoms with Crippen molar-refractivity contribution in [3.63, 3.8) is 0 Å². The molecular weight excluding hydrogens is 400 g/mol. The molecule has 162 valence electrons. The second kappa shape index (κ2) is 8.51. The van der Waals surface area contributed by atoms with Gasteiger partial charge in [-0.25, -0.2) is 4.98 Å². The smallest absolute Gasteiger partial charge is 0.256 e. The maximum Gasteiger partial charge on any atom is 0.256 e. The van der Waals surface area contributed by atoms with Crippen LogP contribution < -0.4 is 5.32 Å². The molecule has 0 unspecified atom stereocenters. The summed E-state index contributed by atoms with van der Waals surface area (Å²) in [5.74, 6) is 0.889. The number of piperidine rings is 1. The van der Waals surface area contributed by atoms with Gasteiger partial charge >= 0.3 is 0 Å². The molecule has 0 aliphatic carbocycles. The van der Waals surface area contributed by atoms with E-state index in [1.165, 1.54) is 5.56 Å². The number of benzene rings is 1. The van der Waals surface area contributed by atoms with Crippen molar-refractivity contribution in [3.8, 4) is 11.3 Å². The third kappa shape index (κ3) is 4.24. The number of nitrogens with one attached hydrogen (secondary N) is 1. The van der Waals surface area contributed by atoms with Crippen LogP contribution in [-0.4, -0.2) is 50.7 Å². The lowest BCUT2D eigenvalue weighted by Gasteiger charge is -2.29. The van der Waals surface area contributed by atoms with E-state index in [0.717, 1.165) is 48.0 Å². The fourth-order valence-corrected chi connectivity index (χ4v) is 4.28. The molecule has 1 aliphatic rings. The number of likely N-dealkylation sites (tertiary alicyclic amines) is 1. The lowest BCUT2D eigenvalue weighted by Crippen LogP contribution is -2.29. The maximum atomic E-state index is 12.9. The molecule has 7 heteroatoms. The van der Waals surface area contributed by atoms with Crippen LogP contribution in [0.15, 0.2) is 61.2 Å². The molecule has 4 aromatic rings. The molecule has 3 aromatic heterocycles. The molecule has 0 bridgehead atoms. The highest BCUT2D eigenvalue weighted by Crippen LogP contribution is 2.28. The van der Waals surface area contributed by atoms with Gasteiger partial charge in [0.1, 0.15) is 5.82 Å². The van der Waals surface area contributed by atoms with Gasteiger partial charge in [-0.1, -0.05) is 12.1 Å². The first-order valence-electron chi connectivity index (χ1n) is 10.9. The van der Waals surface area contributed by atoms with E-state index in [-0.39, 0.29) is 5.91 Å². The Bertz CT molecular complexity index is 1270. The number of aryl methyl sites for hydroxylation is 1. The van der Waals surface area contributed by atoms with Crippen LogP contribution in [0.4, 0.5) is 5.82 Å². The number of carbonyl (C=O) groups is 1. The second-order valence-corrected chi connectivity index (χ2v) is 8.55. The fourth-order valence-electron chi connectivity index (χ4n) is 4.28. The molecule has 4 heterocycles. The Balaban J connectivity index is 1.36. The molecule has 1 aromatic carbocycles. The predicted molar refractivity (Wildman–Crippen MR) is 126 cm³/mol. The van der Waals surface area contributed by atoms with Crippen LogP contribution >= 0.6 is 0 Å². The number of nitrogens with zero attached hydrogens (tertiary/aromatic N) is 5. The Morgan fingerprint density at radius 3 is 2.59 bits per heavy atom. The minimum Gasteiger partial charge on any atom is -0.307 e. The SMILES string of the molecule is CN1CCC(c2cccc(C(=O)Nc3cc4cc(-c5cnn(C)c5)ncc4cn3)c2)CC1. The molecule has 1 fully saturated rings. The quantitative estimate of drug-likeness (QED) is 0.532. The number of aromatic nitrogens is 4. The minimum absolute atomic E-state index is 0.145. The number of hydrogen-bond donors (Lipinski definition) is 1. The minimum atomic E-state index is -0.145. The third-order valence-electron chi connectivity index (χ3n) is 6.18. The summed E-state index contributed by atoms with van der Waals surface area (Å²) in [4.78, 5) is 24.2. The number of carbonyl (C=O) groups excluding carboxylic acids is 1. The Morgan fingerprint density at radius 1 is 1.00 bits per heavy atom. The molecule has 32 heavy (non-hydrogen) atoms. The van der Waals surface area contributed by atoms with Gasteiger partial charge in [0.05, 0.1) is 11.9 Å². The lowest BCUT2D eigenvalue weighted by molar-refractivity contribution is 0.102. The maximum absolute atomic E-state index is 12.9. The summed E-state index contributed by atoms with van der Waals surface area (Å²) in [7, 11) is 4.04. The van der Waals surface area contributed by atoms with E-state index < -0.39 is 0 Å². The van der Waals surface area contributed by atoms with Gasteiger partial charge < -0.3 is 10.2 Å². The first-order valence-corrected chi connectivity index (χ1v) is 10.9. The fraction of sp³-hybridized carbons (Fsp3) is 0.280. The van der Waals surface area contributed by atoms with Gasteiger partial charge in [0.2, 0.25) is 0 Å². The number of fused-ring (bicyclic) bond motifs is 1. The Kier molecular flexibility index (Phi) is 5.41. The van der Waals surface area contributed by atoms with Crippen LogP contribution in [0.3, 0.4) is 0 Å². The summed E-state index contributed by atoms with van der Waals surface area (Å²) in [6.45, 7) is 2.19. The van der Waals surface area contributed by atoms with Crippen molar-refractivity contribution >= 4 is 22.5 Å². The molecule has 0 saturated carbocycles. The van der Waals surface area contributed by atoms with Gasteiger partial charge in [0, 0.05) is 42.2 Å². The Hall–Kier alpha value is -3.58. The molecule has 1 amide bonds. The van der Waals surface area contributed by atoms with Crippen LogP contribution in [0.1, 0.15) is 34.7 Å². The summed E-state index contributed by atoms with van der Waals surface area (Å²) in [6.07, 6.45) is 9.49. The highest BCUT2D eigenvalue weighted by molar-refractivity contribution is 6.04. The summed E-state index contributed by atoms with van der Waals surface area (Å²) in [5, 5.41) is 9.05. The van der Waals surface area contributed by atoms with Crippen LogP contribution in [0.2, 0.25) is 0 Å². The van der Waals surface area contributed by atoms with Crippen LogP contribution in [0.5, 0.6) is 0 Å². The zero-order valence-corrected chi connectivity index (χ0v) is 18.3. The topological polar surface area (TPSA) is 75.9 Å². The molecule has 1 aliphatic heterocycles. The monoisotopic (exact) mass is 426 g/mol. The van der Waals surface area contributed by atoms with Crippen molar-refractivity contribution in [2.24, 2.45) is 7.05 Å². The Morgan fingerprint density at radius 2 is 1.81 bits per heavy atom. The normalized spacial score (nSPS) is 15.2. The zero-order chi connectivity index (χ0) is 22.1. The molecule has 1 saturated heterocycles. The first kappa shape index (κ1) is 20.3. The molecule has 0 atom stereocenters. The van der Waals surface area contributed by atoms with Gasteiger partial charge in [-0.05, 0) is 74.1 Å². The number of amides is 1. The summed E-state index contributed by atoms with van der Waals surface area (Å²) in [5.41, 5.74) is 3.68. The van der Waals surface area contributed by atoms with E-state index in [9.17, 15) is 4.79 Å². The molecular formula is C25H26N6O. The second-order valence-electron chi connectivity index (χ2n) is 8.55. The Labute approximate surface area is 187 Å². The van der Waals surface area contributed by atoms with E-state index in [1.807, 2.05) is 43.6 Å². The van der Waals surface area contributed by atoms with Crippen molar-refractivity contribution in [1.82, 2.24) is 24.6 Å². The van der Waals surface area contributed by atoms with Gasteiger partial charge in [-0.15, -0.1) is 0 Å². The van der Waals surface area contributed by atoms with Crippen LogP contribution in [0, 0.1) is 0 Å². The zero-order valence-electron chi connectivity index (χ0n) is 18.3. The molecule has 1 N–H and O–H groups in total. The number of rotatable bonds is 4. The predicted octanol–water partition coefficient (Wildman–Crippen LogP) is 4.09. The van der Waals surface area contributed by atoms with E-state index in [4.69, 9.17) is 0 Å². The molecule has 0 spiro atoms. The average molecular weight is 427 g/mol. The van der Waals surface area contributed by atoms with E-state index in [0.29, 0.717) is 17.3 Å². The van der Waals surface area contributed by atoms with E-state index in [2.05, 4.69) is 38.4 Å². The van der Waals surface area contributed by atoms with Crippen molar-refractivity contribution in [2.45, 2.75) is 18.8 Å². The standard InChI is InChI=1S/C25H26N6O/c1-30-8-6-17(7-9-30)18-4-3-5-19(10-18)25(32)29-24-12-20-11-23(22-15-28-31(2)16-22)26-13-21(20)14-27-24/h3-5,10-17H,6-9H2,1-2H3,(H,27,29,32). The summed E-state index contributed by atoms with van der Waals surface area (Å²) < 4.78 is 1.75. The highest BCUT2D eigenvalue weighted by atomic mass is 16.1. The van der Waals surface area contributed by atoms with Crippen LogP contribution in [0.25, 0.3) is 22.0 Å². The number of anilines is 1. The lowest BCUT2D eigenvalue weighted by atomic mass is 9.89. The van der Waals surface area contributed by atoms with Gasteiger partial charge in [0.25, 0.3) is 5.91 Å². The molecule has 5 rings (SSSR count). The van der Waals surface area contributed by atoms with Crippen molar-refractivity contribution in [1.29, 1.82) is 0 Å². The van der Waals surface area contributed by atoms with Gasteiger partial charge in [-0.3, -0.25) is 14.5 Å². The van der Waals surface area contributed by atoms with Crippen molar-refractivity contribution in [3.05, 3.63) is 72.3 Å². The summed E-state index contributed by atoms with van der Waals surface area (Å²) in [6, 6.07) is 11.9. The third-order valence-corrected chi connectivity index (χ3v) is 6.18. The molecule has 0 radical (unpaired) electrons. The number of hydrogen-bond acceptors (Lipinski definition) is 5. The van der Waals surface area contributed by atoms with Gasteiger partial charge in [0.15, 0.2) is 0 Å².